The summed E-state index contributed by atoms with van der Waals surface area (Å²) >= 11 is 9.97. The lowest BCUT2D eigenvalue weighted by molar-refractivity contribution is 0.454. The van der Waals surface area contributed by atoms with Crippen LogP contribution in [-0.2, 0) is 0 Å². The highest BCUT2D eigenvalue weighted by molar-refractivity contribution is 7.99. The molecule has 2 atom stereocenters. The molecule has 0 saturated heterocycles. The minimum atomic E-state index is 0.383. The lowest BCUT2D eigenvalue weighted by Crippen LogP contribution is -2.26. The second-order valence-electron chi connectivity index (χ2n) is 5.21. The van der Waals surface area contributed by atoms with Gasteiger partial charge in [0.1, 0.15) is 0 Å². The van der Waals surface area contributed by atoms with Crippen LogP contribution in [0.4, 0.5) is 0 Å². The summed E-state index contributed by atoms with van der Waals surface area (Å²) in [6.07, 6.45) is 1.16. The topological polar surface area (TPSA) is 12.0 Å². The molecule has 1 N–H and O–H groups in total. The summed E-state index contributed by atoms with van der Waals surface area (Å²) in [6.45, 7) is 4.41. The quantitative estimate of drug-likeness (QED) is 0.789. The Labute approximate surface area is 133 Å². The van der Waals surface area contributed by atoms with Gasteiger partial charge in [-0.25, -0.2) is 0 Å². The van der Waals surface area contributed by atoms with Crippen LogP contribution < -0.4 is 5.32 Å². The van der Waals surface area contributed by atoms with E-state index in [0.29, 0.717) is 12.1 Å². The monoisotopic (exact) mass is 323 g/mol. The van der Waals surface area contributed by atoms with Gasteiger partial charge in [0.15, 0.2) is 0 Å². The normalized spacial score (nSPS) is 19.6. The first-order valence-electron chi connectivity index (χ1n) is 6.88. The fraction of sp³-hybridized carbons (Fsp3) is 0.375. The van der Waals surface area contributed by atoms with Gasteiger partial charge in [0.05, 0.1) is 0 Å². The summed E-state index contributed by atoms with van der Waals surface area (Å²) < 4.78 is 0. The second-order valence-corrected chi connectivity index (χ2v) is 8.10. The molecule has 0 bridgehead atoms. The van der Waals surface area contributed by atoms with Crippen molar-refractivity contribution in [1.29, 1.82) is 0 Å². The first kappa shape index (κ1) is 14.5. The Hall–Kier alpha value is -0.480. The van der Waals surface area contributed by atoms with Crippen LogP contribution in [0.3, 0.4) is 0 Å². The van der Waals surface area contributed by atoms with Crippen LogP contribution in [0.15, 0.2) is 35.2 Å². The summed E-state index contributed by atoms with van der Waals surface area (Å²) in [5.74, 6) is 1.17. The smallest absolute Gasteiger partial charge is 0.0410 e. The molecule has 0 aliphatic carbocycles. The van der Waals surface area contributed by atoms with Gasteiger partial charge in [-0.2, -0.15) is 0 Å². The highest BCUT2D eigenvalue weighted by atomic mass is 35.5. The first-order chi connectivity index (χ1) is 9.63. The van der Waals surface area contributed by atoms with Gasteiger partial charge < -0.3 is 5.32 Å². The Bertz CT molecular complexity index is 608. The Morgan fingerprint density at radius 2 is 2.15 bits per heavy atom. The molecule has 0 fully saturated rings. The van der Waals surface area contributed by atoms with Gasteiger partial charge in [0.25, 0.3) is 0 Å². The van der Waals surface area contributed by atoms with Gasteiger partial charge >= 0.3 is 0 Å². The van der Waals surface area contributed by atoms with E-state index in [2.05, 4.69) is 43.4 Å². The van der Waals surface area contributed by atoms with Crippen LogP contribution >= 0.6 is 34.7 Å². The first-order valence-corrected chi connectivity index (χ1v) is 9.06. The van der Waals surface area contributed by atoms with Crippen molar-refractivity contribution in [1.82, 2.24) is 5.32 Å². The van der Waals surface area contributed by atoms with E-state index in [-0.39, 0.29) is 0 Å². The van der Waals surface area contributed by atoms with Crippen LogP contribution in [0, 0.1) is 6.92 Å². The molecule has 106 valence electrons. The van der Waals surface area contributed by atoms with Gasteiger partial charge in [-0.05, 0) is 61.9 Å². The standard InChI is InChI=1S/C16H18ClNS2/c1-10-3-5-15(20-10)11(2)18-14-7-8-19-16-6-4-12(17)9-13(14)16/h3-6,9,11,14,18H,7-8H2,1-2H3. The highest BCUT2D eigenvalue weighted by Crippen LogP contribution is 2.39. The third kappa shape index (κ3) is 3.06. The van der Waals surface area contributed by atoms with E-state index in [0.717, 1.165) is 11.4 Å². The number of benzene rings is 1. The molecule has 0 radical (unpaired) electrons. The van der Waals surface area contributed by atoms with Crippen molar-refractivity contribution in [3.05, 3.63) is 50.7 Å². The van der Waals surface area contributed by atoms with Crippen LogP contribution in [-0.4, -0.2) is 5.75 Å². The number of rotatable bonds is 3. The molecule has 2 heterocycles. The van der Waals surface area contributed by atoms with Crippen molar-refractivity contribution in [3.8, 4) is 0 Å². The number of thiophene rings is 1. The van der Waals surface area contributed by atoms with Gasteiger partial charge in [0, 0.05) is 31.8 Å². The zero-order chi connectivity index (χ0) is 14.1. The Kier molecular flexibility index (Phi) is 4.41. The molecule has 1 aliphatic rings. The molecular formula is C16H18ClNS2. The average Bonchev–Trinajstić information content (AvgIpc) is 2.86. The maximum atomic E-state index is 6.16. The van der Waals surface area contributed by atoms with Crippen LogP contribution in [0.5, 0.6) is 0 Å². The van der Waals surface area contributed by atoms with Crippen molar-refractivity contribution in [2.45, 2.75) is 37.2 Å². The molecule has 3 rings (SSSR count). The lowest BCUT2D eigenvalue weighted by atomic mass is 10.0. The van der Waals surface area contributed by atoms with E-state index in [9.17, 15) is 0 Å². The number of hydrogen-bond donors (Lipinski definition) is 1. The highest BCUT2D eigenvalue weighted by Gasteiger charge is 2.23. The molecule has 0 saturated carbocycles. The predicted octanol–water partition coefficient (Wildman–Crippen LogP) is 5.60. The summed E-state index contributed by atoms with van der Waals surface area (Å²) in [4.78, 5) is 4.15. The van der Waals surface area contributed by atoms with E-state index in [1.807, 2.05) is 29.2 Å². The minimum Gasteiger partial charge on any atom is -0.303 e. The molecule has 4 heteroatoms. The van der Waals surface area contributed by atoms with Crippen molar-refractivity contribution in [3.63, 3.8) is 0 Å². The van der Waals surface area contributed by atoms with Crippen LogP contribution in [0.1, 0.15) is 40.7 Å². The van der Waals surface area contributed by atoms with E-state index < -0.39 is 0 Å². The van der Waals surface area contributed by atoms with E-state index in [1.165, 1.54) is 26.0 Å². The van der Waals surface area contributed by atoms with Crippen molar-refractivity contribution in [2.75, 3.05) is 5.75 Å². The molecule has 1 aromatic carbocycles. The van der Waals surface area contributed by atoms with E-state index in [1.54, 1.807) is 0 Å². The number of nitrogens with one attached hydrogen (secondary N) is 1. The summed E-state index contributed by atoms with van der Waals surface area (Å²) in [7, 11) is 0. The SMILES string of the molecule is Cc1ccc(C(C)NC2CCSc3ccc(Cl)cc32)s1. The molecule has 1 aromatic heterocycles. The average molecular weight is 324 g/mol. The Balaban J connectivity index is 1.80. The third-order valence-electron chi connectivity index (χ3n) is 3.65. The molecule has 1 nitrogen and oxygen atoms in total. The van der Waals surface area contributed by atoms with Gasteiger partial charge in [-0.3, -0.25) is 0 Å². The zero-order valence-electron chi connectivity index (χ0n) is 11.7. The predicted molar refractivity (Wildman–Crippen MR) is 90.1 cm³/mol. The van der Waals surface area contributed by atoms with Gasteiger partial charge in [-0.15, -0.1) is 23.1 Å². The molecule has 2 aromatic rings. The summed E-state index contributed by atoms with van der Waals surface area (Å²) in [6, 6.07) is 11.5. The van der Waals surface area contributed by atoms with Crippen molar-refractivity contribution >= 4 is 34.7 Å². The third-order valence-corrected chi connectivity index (χ3v) is 6.19. The molecule has 0 spiro atoms. The summed E-state index contributed by atoms with van der Waals surface area (Å²) in [5, 5.41) is 4.60. The van der Waals surface area contributed by atoms with Crippen molar-refractivity contribution in [2.24, 2.45) is 0 Å². The fourth-order valence-electron chi connectivity index (χ4n) is 2.61. The van der Waals surface area contributed by atoms with Crippen LogP contribution in [0.2, 0.25) is 5.02 Å². The van der Waals surface area contributed by atoms with Crippen LogP contribution in [0.25, 0.3) is 0 Å². The Morgan fingerprint density at radius 1 is 1.30 bits per heavy atom. The number of fused-ring (bicyclic) bond motifs is 1. The molecule has 2 unspecified atom stereocenters. The van der Waals surface area contributed by atoms with Gasteiger partial charge in [-0.1, -0.05) is 11.6 Å². The number of thioether (sulfide) groups is 1. The Morgan fingerprint density at radius 3 is 2.90 bits per heavy atom. The minimum absolute atomic E-state index is 0.383. The molecular weight excluding hydrogens is 306 g/mol. The maximum Gasteiger partial charge on any atom is 0.0410 e. The van der Waals surface area contributed by atoms with E-state index >= 15 is 0 Å². The summed E-state index contributed by atoms with van der Waals surface area (Å²) in [5.41, 5.74) is 1.36. The second kappa shape index (κ2) is 6.10. The fourth-order valence-corrected chi connectivity index (χ4v) is 4.78. The molecule has 20 heavy (non-hydrogen) atoms. The zero-order valence-corrected chi connectivity index (χ0v) is 14.0. The number of aryl methyl sites for hydroxylation is 1. The lowest BCUT2D eigenvalue weighted by Gasteiger charge is -2.28. The van der Waals surface area contributed by atoms with E-state index in [4.69, 9.17) is 11.6 Å². The molecule has 0 amide bonds. The van der Waals surface area contributed by atoms with Crippen molar-refractivity contribution < 1.29 is 0 Å². The molecule has 1 aliphatic heterocycles. The number of hydrogen-bond acceptors (Lipinski definition) is 3. The maximum absolute atomic E-state index is 6.16. The largest absolute Gasteiger partial charge is 0.303 e. The van der Waals surface area contributed by atoms with Gasteiger partial charge in [0.2, 0.25) is 0 Å². The number of halogens is 1.